The van der Waals surface area contributed by atoms with Crippen molar-refractivity contribution >= 4 is 5.91 Å². The van der Waals surface area contributed by atoms with E-state index in [-0.39, 0.29) is 11.8 Å². The van der Waals surface area contributed by atoms with E-state index in [0.29, 0.717) is 5.70 Å². The number of carbonyl (C=O) groups excluding carboxylic acids is 1. The number of hydrogen-bond donors (Lipinski definition) is 2. The van der Waals surface area contributed by atoms with Crippen LogP contribution in [-0.2, 0) is 4.79 Å². The molecule has 0 aliphatic rings. The van der Waals surface area contributed by atoms with Crippen molar-refractivity contribution < 1.29 is 4.79 Å². The Morgan fingerprint density at radius 3 is 2.40 bits per heavy atom. The van der Waals surface area contributed by atoms with Crippen LogP contribution in [0.25, 0.3) is 0 Å². The summed E-state index contributed by atoms with van der Waals surface area (Å²) in [5.41, 5.74) is 2.45. The van der Waals surface area contributed by atoms with Crippen LogP contribution in [0.5, 0.6) is 0 Å². The molecular weight excluding hydrogens is 250 g/mol. The molecule has 20 heavy (non-hydrogen) atoms. The third kappa shape index (κ3) is 6.95. The summed E-state index contributed by atoms with van der Waals surface area (Å²) in [4.78, 5) is 13.1. The van der Waals surface area contributed by atoms with E-state index >= 15 is 0 Å². The SMILES string of the molecule is C=C(/C=C\C(=C)N(C)CCNC)C(C)C(=C)NC(C)=O. The molecule has 0 aromatic heterocycles. The maximum Gasteiger partial charge on any atom is 0.220 e. The molecule has 4 heteroatoms. The van der Waals surface area contributed by atoms with E-state index in [1.165, 1.54) is 6.92 Å². The minimum absolute atomic E-state index is 0.00874. The van der Waals surface area contributed by atoms with Crippen molar-refractivity contribution in [3.63, 3.8) is 0 Å². The Morgan fingerprint density at radius 1 is 1.30 bits per heavy atom. The van der Waals surface area contributed by atoms with Crippen LogP contribution in [0.15, 0.2) is 48.9 Å². The first kappa shape index (κ1) is 18.2. The zero-order chi connectivity index (χ0) is 15.7. The lowest BCUT2D eigenvalue weighted by atomic mass is 9.99. The van der Waals surface area contributed by atoms with Gasteiger partial charge in [-0.3, -0.25) is 4.79 Å². The fourth-order valence-electron chi connectivity index (χ4n) is 1.46. The van der Waals surface area contributed by atoms with Gasteiger partial charge in [0.2, 0.25) is 5.91 Å². The minimum Gasteiger partial charge on any atom is -0.374 e. The average Bonchev–Trinajstić information content (AvgIpc) is 2.39. The fourth-order valence-corrected chi connectivity index (χ4v) is 1.46. The largest absolute Gasteiger partial charge is 0.374 e. The van der Waals surface area contributed by atoms with Gasteiger partial charge in [-0.1, -0.05) is 32.7 Å². The molecule has 1 atom stereocenters. The van der Waals surface area contributed by atoms with Gasteiger partial charge in [-0.05, 0) is 18.7 Å². The van der Waals surface area contributed by atoms with Crippen molar-refractivity contribution in [3.05, 3.63) is 48.9 Å². The van der Waals surface area contributed by atoms with E-state index in [1.807, 2.05) is 33.2 Å². The summed E-state index contributed by atoms with van der Waals surface area (Å²) in [7, 11) is 3.91. The topological polar surface area (TPSA) is 44.4 Å². The van der Waals surface area contributed by atoms with Crippen molar-refractivity contribution in [1.29, 1.82) is 0 Å². The highest BCUT2D eigenvalue weighted by Crippen LogP contribution is 2.17. The number of nitrogens with one attached hydrogen (secondary N) is 2. The van der Waals surface area contributed by atoms with Gasteiger partial charge in [0.25, 0.3) is 0 Å². The monoisotopic (exact) mass is 277 g/mol. The molecule has 0 saturated heterocycles. The molecule has 0 aliphatic heterocycles. The zero-order valence-electron chi connectivity index (χ0n) is 13.1. The van der Waals surface area contributed by atoms with Gasteiger partial charge in [0.1, 0.15) is 0 Å². The molecular formula is C16H27N3O. The molecule has 0 saturated carbocycles. The van der Waals surface area contributed by atoms with E-state index in [1.54, 1.807) is 0 Å². The smallest absolute Gasteiger partial charge is 0.220 e. The molecule has 0 heterocycles. The number of rotatable bonds is 9. The van der Waals surface area contributed by atoms with Crippen LogP contribution in [0.3, 0.4) is 0 Å². The van der Waals surface area contributed by atoms with Crippen molar-refractivity contribution in [2.45, 2.75) is 13.8 Å². The molecule has 1 amide bonds. The Kier molecular flexibility index (Phi) is 8.32. The molecule has 0 aromatic carbocycles. The standard InChI is InChI=1S/C16H27N3O/c1-12(14(3)15(4)18-16(5)20)8-9-13(2)19(7)11-10-17-6/h8-9,14,17H,1-2,4,10-11H2,3,5-7H3,(H,18,20)/b9-8-. The second-order valence-corrected chi connectivity index (χ2v) is 4.85. The summed E-state index contributed by atoms with van der Waals surface area (Å²) in [5.74, 6) is -0.125. The van der Waals surface area contributed by atoms with Crippen molar-refractivity contribution in [2.24, 2.45) is 5.92 Å². The first-order valence-corrected chi connectivity index (χ1v) is 6.67. The van der Waals surface area contributed by atoms with Gasteiger partial charge in [-0.25, -0.2) is 0 Å². The lowest BCUT2D eigenvalue weighted by molar-refractivity contribution is -0.118. The lowest BCUT2D eigenvalue weighted by Crippen LogP contribution is -2.26. The highest BCUT2D eigenvalue weighted by Gasteiger charge is 2.09. The Morgan fingerprint density at radius 2 is 1.90 bits per heavy atom. The van der Waals surface area contributed by atoms with E-state index in [0.717, 1.165) is 24.4 Å². The summed E-state index contributed by atoms with van der Waals surface area (Å²) in [6, 6.07) is 0. The van der Waals surface area contributed by atoms with Crippen molar-refractivity contribution in [3.8, 4) is 0 Å². The molecule has 0 bridgehead atoms. The highest BCUT2D eigenvalue weighted by molar-refractivity contribution is 5.75. The van der Waals surface area contributed by atoms with E-state index in [4.69, 9.17) is 0 Å². The zero-order valence-corrected chi connectivity index (χ0v) is 13.1. The summed E-state index contributed by atoms with van der Waals surface area (Å²) in [6.07, 6.45) is 3.84. The van der Waals surface area contributed by atoms with Crippen LogP contribution in [0.2, 0.25) is 0 Å². The number of amides is 1. The van der Waals surface area contributed by atoms with E-state index in [2.05, 4.69) is 35.3 Å². The Hall–Kier alpha value is -1.81. The Balaban J connectivity index is 4.44. The van der Waals surface area contributed by atoms with Crippen LogP contribution in [0, 0.1) is 5.92 Å². The van der Waals surface area contributed by atoms with Gasteiger partial charge in [0, 0.05) is 44.4 Å². The van der Waals surface area contributed by atoms with E-state index < -0.39 is 0 Å². The van der Waals surface area contributed by atoms with Crippen LogP contribution >= 0.6 is 0 Å². The number of allylic oxidation sites excluding steroid dienone is 3. The predicted octanol–water partition coefficient (Wildman–Crippen LogP) is 2.05. The molecule has 0 rings (SSSR count). The third-order valence-electron chi connectivity index (χ3n) is 3.09. The number of carbonyl (C=O) groups is 1. The number of nitrogens with zero attached hydrogens (tertiary/aromatic N) is 1. The van der Waals surface area contributed by atoms with Crippen LogP contribution < -0.4 is 10.6 Å². The van der Waals surface area contributed by atoms with Crippen LogP contribution in [-0.4, -0.2) is 38.0 Å². The number of hydrogen-bond acceptors (Lipinski definition) is 3. The lowest BCUT2D eigenvalue weighted by Gasteiger charge is -2.20. The van der Waals surface area contributed by atoms with Crippen LogP contribution in [0.1, 0.15) is 13.8 Å². The highest BCUT2D eigenvalue weighted by atomic mass is 16.1. The first-order valence-electron chi connectivity index (χ1n) is 6.67. The average molecular weight is 277 g/mol. The van der Waals surface area contributed by atoms with Gasteiger partial charge in [-0.15, -0.1) is 0 Å². The molecule has 4 nitrogen and oxygen atoms in total. The first-order chi connectivity index (χ1) is 9.29. The van der Waals surface area contributed by atoms with E-state index in [9.17, 15) is 4.79 Å². The maximum absolute atomic E-state index is 11.0. The fraction of sp³-hybridized carbons (Fsp3) is 0.438. The van der Waals surface area contributed by atoms with Crippen molar-refractivity contribution in [2.75, 3.05) is 27.2 Å². The summed E-state index contributed by atoms with van der Waals surface area (Å²) >= 11 is 0. The molecule has 0 aliphatic carbocycles. The minimum atomic E-state index is -0.116. The predicted molar refractivity (Wildman–Crippen MR) is 86.1 cm³/mol. The normalized spacial score (nSPS) is 12.0. The van der Waals surface area contributed by atoms with Gasteiger partial charge in [0.15, 0.2) is 0 Å². The Bertz CT molecular complexity index is 410. The molecule has 0 radical (unpaired) electrons. The molecule has 112 valence electrons. The second-order valence-electron chi connectivity index (χ2n) is 4.85. The van der Waals surface area contributed by atoms with Gasteiger partial charge >= 0.3 is 0 Å². The summed E-state index contributed by atoms with van der Waals surface area (Å²) in [6.45, 7) is 17.1. The van der Waals surface area contributed by atoms with Crippen molar-refractivity contribution in [1.82, 2.24) is 15.5 Å². The van der Waals surface area contributed by atoms with Crippen LogP contribution in [0.4, 0.5) is 0 Å². The summed E-state index contributed by atoms with van der Waals surface area (Å²) in [5, 5.41) is 5.79. The molecule has 0 spiro atoms. The second kappa shape index (κ2) is 9.15. The molecule has 2 N–H and O–H groups in total. The van der Waals surface area contributed by atoms with Gasteiger partial charge in [-0.2, -0.15) is 0 Å². The van der Waals surface area contributed by atoms with Gasteiger partial charge < -0.3 is 15.5 Å². The Labute approximate surface area is 122 Å². The summed E-state index contributed by atoms with van der Waals surface area (Å²) < 4.78 is 0. The third-order valence-corrected chi connectivity index (χ3v) is 3.09. The maximum atomic E-state index is 11.0. The number of likely N-dealkylation sites (N-methyl/N-ethyl adjacent to an activating group) is 2. The molecule has 1 unspecified atom stereocenters. The molecule has 0 aromatic rings. The quantitative estimate of drug-likeness (QED) is 0.634. The molecule has 0 fully saturated rings. The van der Waals surface area contributed by atoms with Gasteiger partial charge in [0.05, 0.1) is 0 Å².